The fourth-order valence-electron chi connectivity index (χ4n) is 2.80. The molecule has 0 fully saturated rings. The molecule has 0 saturated carbocycles. The molecule has 3 heteroatoms. The van der Waals surface area contributed by atoms with Gasteiger partial charge in [-0.25, -0.2) is 0 Å². The van der Waals surface area contributed by atoms with Crippen LogP contribution in [0.5, 0.6) is 0 Å². The number of benzene rings is 1. The monoisotopic (exact) mass is 272 g/mol. The lowest BCUT2D eigenvalue weighted by atomic mass is 9.89. The van der Waals surface area contributed by atoms with Gasteiger partial charge in [-0.05, 0) is 64.8 Å². The second kappa shape index (κ2) is 4.33. The third-order valence-electron chi connectivity index (χ3n) is 3.87. The second-order valence-electron chi connectivity index (χ2n) is 6.98. The Balaban J connectivity index is 2.53. The van der Waals surface area contributed by atoms with Crippen LogP contribution in [0, 0.1) is 11.8 Å². The highest BCUT2D eigenvalue weighted by atomic mass is 16.5. The number of aliphatic hydroxyl groups is 1. The van der Waals surface area contributed by atoms with E-state index in [1.54, 1.807) is 13.8 Å². The van der Waals surface area contributed by atoms with Crippen LogP contribution < -0.4 is 0 Å². The van der Waals surface area contributed by atoms with Crippen molar-refractivity contribution in [2.75, 3.05) is 0 Å². The number of fused-ring (bicyclic) bond motifs is 1. The first kappa shape index (κ1) is 15.1. The maximum Gasteiger partial charge on any atom is 0.120 e. The molecule has 1 N–H and O–H groups in total. The number of nitrogens with zero attached hydrogens (tertiary/aromatic N) is 1. The first-order valence-electron chi connectivity index (χ1n) is 6.84. The largest absolute Gasteiger partial charge is 0.378 e. The van der Waals surface area contributed by atoms with E-state index in [2.05, 4.69) is 11.8 Å². The molecule has 0 saturated heterocycles. The zero-order chi connectivity index (χ0) is 15.3. The number of hydroxylamine groups is 2. The van der Waals surface area contributed by atoms with Crippen molar-refractivity contribution in [3.05, 3.63) is 34.9 Å². The van der Waals surface area contributed by atoms with Gasteiger partial charge in [0, 0.05) is 5.56 Å². The van der Waals surface area contributed by atoms with Crippen LogP contribution in [-0.2, 0) is 16.3 Å². The molecule has 2 rings (SSSR count). The van der Waals surface area contributed by atoms with Crippen molar-refractivity contribution < 1.29 is 10.3 Å². The van der Waals surface area contributed by atoms with Gasteiger partial charge in [0.1, 0.15) is 5.60 Å². The van der Waals surface area contributed by atoms with Gasteiger partial charge in [-0.3, -0.25) is 0 Å². The van der Waals surface area contributed by atoms with Crippen LogP contribution in [0.15, 0.2) is 18.2 Å². The van der Waals surface area contributed by atoms with Crippen LogP contribution in [0.2, 0.25) is 0 Å². The first-order valence-corrected chi connectivity index (χ1v) is 6.84. The van der Waals surface area contributed by atoms with E-state index >= 15 is 0 Å². The first-order chi connectivity index (χ1) is 8.96. The van der Waals surface area contributed by atoms with E-state index < -0.39 is 16.7 Å². The zero-order valence-corrected chi connectivity index (χ0v) is 13.0. The number of rotatable bonds is 0. The summed E-state index contributed by atoms with van der Waals surface area (Å²) in [4.78, 5) is 0. The molecule has 0 spiro atoms. The second-order valence-corrected chi connectivity index (χ2v) is 6.98. The van der Waals surface area contributed by atoms with E-state index in [1.807, 2.05) is 45.9 Å². The highest BCUT2D eigenvalue weighted by Crippen LogP contribution is 2.48. The van der Waals surface area contributed by atoms with Crippen molar-refractivity contribution in [2.24, 2.45) is 0 Å². The molecule has 1 aliphatic rings. The summed E-state index contributed by atoms with van der Waals surface area (Å²) in [5, 5.41) is 23.3. The molecular formula is C17H22NO2. The maximum absolute atomic E-state index is 12.5. The Morgan fingerprint density at radius 1 is 1.10 bits per heavy atom. The Hall–Kier alpha value is -1.34. The zero-order valence-electron chi connectivity index (χ0n) is 13.0. The van der Waals surface area contributed by atoms with Crippen molar-refractivity contribution in [3.8, 4) is 11.8 Å². The van der Waals surface area contributed by atoms with Crippen molar-refractivity contribution in [2.45, 2.75) is 58.2 Å². The molecule has 1 aromatic rings. The lowest BCUT2D eigenvalue weighted by Crippen LogP contribution is -2.41. The Morgan fingerprint density at radius 3 is 2.20 bits per heavy atom. The quantitative estimate of drug-likeness (QED) is 0.738. The molecule has 0 amide bonds. The molecule has 1 radical (unpaired) electrons. The molecule has 1 aromatic carbocycles. The summed E-state index contributed by atoms with van der Waals surface area (Å²) in [6.07, 6.45) is 0. The van der Waals surface area contributed by atoms with Gasteiger partial charge in [-0.1, -0.05) is 17.9 Å². The topological polar surface area (TPSA) is 43.4 Å². The fraction of sp³-hybridized carbons (Fsp3) is 0.529. The van der Waals surface area contributed by atoms with E-state index in [4.69, 9.17) is 0 Å². The Morgan fingerprint density at radius 2 is 1.65 bits per heavy atom. The molecular weight excluding hydrogens is 250 g/mol. The van der Waals surface area contributed by atoms with Crippen molar-refractivity contribution in [3.63, 3.8) is 0 Å². The van der Waals surface area contributed by atoms with Crippen LogP contribution in [0.25, 0.3) is 0 Å². The molecule has 0 aliphatic carbocycles. The van der Waals surface area contributed by atoms with Crippen LogP contribution >= 0.6 is 0 Å². The Bertz CT molecular complexity index is 598. The van der Waals surface area contributed by atoms with Gasteiger partial charge in [-0.2, -0.15) is 0 Å². The molecule has 0 atom stereocenters. The predicted octanol–water partition coefficient (Wildman–Crippen LogP) is 2.94. The van der Waals surface area contributed by atoms with Crippen LogP contribution in [0.3, 0.4) is 0 Å². The summed E-state index contributed by atoms with van der Waals surface area (Å²) in [7, 11) is 0. The molecule has 0 bridgehead atoms. The van der Waals surface area contributed by atoms with Gasteiger partial charge < -0.3 is 5.11 Å². The minimum absolute atomic E-state index is 0.527. The van der Waals surface area contributed by atoms with E-state index in [1.165, 1.54) is 0 Å². The normalized spacial score (nSPS) is 20.2. The molecule has 1 heterocycles. The van der Waals surface area contributed by atoms with E-state index in [9.17, 15) is 10.3 Å². The fourth-order valence-corrected chi connectivity index (χ4v) is 2.80. The summed E-state index contributed by atoms with van der Waals surface area (Å²) < 4.78 is 0. The lowest BCUT2D eigenvalue weighted by Gasteiger charge is -2.32. The lowest BCUT2D eigenvalue weighted by molar-refractivity contribution is -0.266. The number of hydrogen-bond donors (Lipinski definition) is 1. The molecule has 3 nitrogen and oxygen atoms in total. The summed E-state index contributed by atoms with van der Waals surface area (Å²) in [5.41, 5.74) is 0.779. The summed E-state index contributed by atoms with van der Waals surface area (Å²) in [5.74, 6) is 5.78. The van der Waals surface area contributed by atoms with Gasteiger partial charge in [-0.15, -0.1) is 10.3 Å². The summed E-state index contributed by atoms with van der Waals surface area (Å²) in [6.45, 7) is 11.0. The molecule has 1 aliphatic heterocycles. The smallest absolute Gasteiger partial charge is 0.120 e. The molecule has 0 aromatic heterocycles. The summed E-state index contributed by atoms with van der Waals surface area (Å²) in [6, 6.07) is 5.85. The van der Waals surface area contributed by atoms with Gasteiger partial charge in [0.2, 0.25) is 0 Å². The van der Waals surface area contributed by atoms with Crippen molar-refractivity contribution in [1.29, 1.82) is 0 Å². The molecule has 0 unspecified atom stereocenters. The Kier molecular flexibility index (Phi) is 3.26. The standard InChI is InChI=1S/C17H22NO2/c1-15(2,19)10-9-12-7-8-13-14(11-12)17(5,6)18(20)16(13,3)4/h7-8,11,19H,1-6H3. The van der Waals surface area contributed by atoms with E-state index in [0.717, 1.165) is 21.8 Å². The minimum Gasteiger partial charge on any atom is -0.378 e. The average Bonchev–Trinajstić information content (AvgIpc) is 2.45. The summed E-state index contributed by atoms with van der Waals surface area (Å²) >= 11 is 0. The van der Waals surface area contributed by atoms with Gasteiger partial charge in [0.05, 0.1) is 11.1 Å². The minimum atomic E-state index is -1.02. The average molecular weight is 272 g/mol. The van der Waals surface area contributed by atoms with Gasteiger partial charge >= 0.3 is 0 Å². The van der Waals surface area contributed by atoms with E-state index in [-0.39, 0.29) is 0 Å². The predicted molar refractivity (Wildman–Crippen MR) is 78.2 cm³/mol. The maximum atomic E-state index is 12.5. The van der Waals surface area contributed by atoms with Crippen LogP contribution in [0.1, 0.15) is 58.2 Å². The number of hydrogen-bond acceptors (Lipinski definition) is 2. The molecule has 107 valence electrons. The Labute approximate surface area is 121 Å². The van der Waals surface area contributed by atoms with Crippen LogP contribution in [0.4, 0.5) is 0 Å². The molecule has 20 heavy (non-hydrogen) atoms. The van der Waals surface area contributed by atoms with Crippen LogP contribution in [-0.4, -0.2) is 15.8 Å². The van der Waals surface area contributed by atoms with Gasteiger partial charge in [0.15, 0.2) is 0 Å². The van der Waals surface area contributed by atoms with Crippen molar-refractivity contribution in [1.82, 2.24) is 5.06 Å². The highest BCUT2D eigenvalue weighted by Gasteiger charge is 2.49. The third kappa shape index (κ3) is 2.35. The SMILES string of the molecule is CC(C)(O)C#Cc1ccc2c(c1)C(C)(C)N([O])C2(C)C. The van der Waals surface area contributed by atoms with Gasteiger partial charge in [0.25, 0.3) is 0 Å². The van der Waals surface area contributed by atoms with E-state index in [0.29, 0.717) is 0 Å². The highest BCUT2D eigenvalue weighted by molar-refractivity contribution is 5.49. The third-order valence-corrected chi connectivity index (χ3v) is 3.87. The van der Waals surface area contributed by atoms with Crippen molar-refractivity contribution >= 4 is 0 Å².